The SMILES string of the molecule is Oc1ccc2c(c1)[C@H]1CCC[C@]1(N1CCOCC1)O2. The van der Waals surface area contributed by atoms with Gasteiger partial charge in [0.2, 0.25) is 0 Å². The van der Waals surface area contributed by atoms with Crippen molar-refractivity contribution >= 4 is 0 Å². The van der Waals surface area contributed by atoms with E-state index in [1.165, 1.54) is 12.0 Å². The summed E-state index contributed by atoms with van der Waals surface area (Å²) in [7, 11) is 0. The summed E-state index contributed by atoms with van der Waals surface area (Å²) in [5.74, 6) is 1.69. The van der Waals surface area contributed by atoms with Gasteiger partial charge in [-0.15, -0.1) is 0 Å². The number of phenols is 1. The summed E-state index contributed by atoms with van der Waals surface area (Å²) in [5, 5.41) is 9.72. The molecule has 0 unspecified atom stereocenters. The number of nitrogens with zero attached hydrogens (tertiary/aromatic N) is 1. The van der Waals surface area contributed by atoms with Crippen molar-refractivity contribution in [1.82, 2.24) is 4.90 Å². The molecule has 4 nitrogen and oxygen atoms in total. The molecule has 2 atom stereocenters. The average Bonchev–Trinajstić information content (AvgIpc) is 2.97. The van der Waals surface area contributed by atoms with E-state index in [4.69, 9.17) is 9.47 Å². The minimum Gasteiger partial charge on any atom is -0.508 e. The van der Waals surface area contributed by atoms with Gasteiger partial charge in [0, 0.05) is 31.0 Å². The maximum absolute atomic E-state index is 9.72. The van der Waals surface area contributed by atoms with Crippen LogP contribution in [0.15, 0.2) is 18.2 Å². The summed E-state index contributed by atoms with van der Waals surface area (Å²) in [6, 6.07) is 5.51. The third-order valence-corrected chi connectivity index (χ3v) is 4.77. The summed E-state index contributed by atoms with van der Waals surface area (Å²) >= 11 is 0. The highest BCUT2D eigenvalue weighted by Gasteiger charge is 2.55. The molecule has 2 fully saturated rings. The smallest absolute Gasteiger partial charge is 0.170 e. The Morgan fingerprint density at radius 3 is 2.95 bits per heavy atom. The first-order valence-corrected chi connectivity index (χ1v) is 7.14. The molecule has 0 aromatic heterocycles. The molecule has 4 rings (SSSR count). The summed E-state index contributed by atoms with van der Waals surface area (Å²) < 4.78 is 11.8. The normalized spacial score (nSPS) is 33.8. The van der Waals surface area contributed by atoms with Crippen LogP contribution in [0.5, 0.6) is 11.5 Å². The minimum atomic E-state index is -0.181. The number of aromatic hydroxyl groups is 1. The molecule has 0 amide bonds. The highest BCUT2D eigenvalue weighted by Crippen LogP contribution is 2.55. The molecule has 0 radical (unpaired) electrons. The minimum absolute atomic E-state index is 0.181. The van der Waals surface area contributed by atoms with E-state index in [1.54, 1.807) is 6.07 Å². The number of hydrogen-bond donors (Lipinski definition) is 1. The second kappa shape index (κ2) is 4.12. The summed E-state index contributed by atoms with van der Waals surface area (Å²) in [5.41, 5.74) is 1.00. The van der Waals surface area contributed by atoms with Crippen molar-refractivity contribution in [2.24, 2.45) is 0 Å². The highest BCUT2D eigenvalue weighted by atomic mass is 16.5. The lowest BCUT2D eigenvalue weighted by atomic mass is 9.92. The monoisotopic (exact) mass is 261 g/mol. The maximum atomic E-state index is 9.72. The lowest BCUT2D eigenvalue weighted by Crippen LogP contribution is -2.56. The third kappa shape index (κ3) is 1.60. The molecule has 2 aliphatic heterocycles. The lowest BCUT2D eigenvalue weighted by molar-refractivity contribution is -0.115. The maximum Gasteiger partial charge on any atom is 0.170 e. The highest BCUT2D eigenvalue weighted by molar-refractivity contribution is 5.47. The molecule has 1 saturated heterocycles. The van der Waals surface area contributed by atoms with Crippen LogP contribution >= 0.6 is 0 Å². The van der Waals surface area contributed by atoms with E-state index >= 15 is 0 Å². The van der Waals surface area contributed by atoms with Crippen LogP contribution in [-0.4, -0.2) is 42.0 Å². The molecular formula is C15H19NO3. The van der Waals surface area contributed by atoms with E-state index in [2.05, 4.69) is 4.90 Å². The number of morpholine rings is 1. The van der Waals surface area contributed by atoms with Gasteiger partial charge in [0.15, 0.2) is 5.72 Å². The number of ether oxygens (including phenoxy) is 2. The Kier molecular flexibility index (Phi) is 2.50. The fourth-order valence-corrected chi connectivity index (χ4v) is 3.96. The molecule has 19 heavy (non-hydrogen) atoms. The first kappa shape index (κ1) is 11.6. The van der Waals surface area contributed by atoms with Gasteiger partial charge in [-0.2, -0.15) is 0 Å². The molecule has 0 bridgehead atoms. The zero-order valence-electron chi connectivity index (χ0n) is 11.0. The van der Waals surface area contributed by atoms with E-state index < -0.39 is 0 Å². The summed E-state index contributed by atoms with van der Waals surface area (Å²) in [4.78, 5) is 2.45. The van der Waals surface area contributed by atoms with E-state index in [-0.39, 0.29) is 5.72 Å². The van der Waals surface area contributed by atoms with E-state index in [0.717, 1.165) is 44.9 Å². The largest absolute Gasteiger partial charge is 0.508 e. The summed E-state index contributed by atoms with van der Waals surface area (Å²) in [6.07, 6.45) is 3.41. The fraction of sp³-hybridized carbons (Fsp3) is 0.600. The molecule has 0 spiro atoms. The Morgan fingerprint density at radius 2 is 2.11 bits per heavy atom. The van der Waals surface area contributed by atoms with Crippen LogP contribution in [-0.2, 0) is 4.74 Å². The average molecular weight is 261 g/mol. The van der Waals surface area contributed by atoms with Gasteiger partial charge in [0.25, 0.3) is 0 Å². The molecular weight excluding hydrogens is 242 g/mol. The second-order valence-electron chi connectivity index (χ2n) is 5.71. The Morgan fingerprint density at radius 1 is 1.26 bits per heavy atom. The molecule has 4 heteroatoms. The quantitative estimate of drug-likeness (QED) is 0.840. The predicted molar refractivity (Wildman–Crippen MR) is 70.4 cm³/mol. The molecule has 1 aromatic rings. The van der Waals surface area contributed by atoms with Gasteiger partial charge in [-0.1, -0.05) is 0 Å². The van der Waals surface area contributed by atoms with Crippen molar-refractivity contribution in [3.8, 4) is 11.5 Å². The standard InChI is InChI=1S/C15H19NO3/c17-11-3-4-14-12(10-11)13-2-1-5-15(13,19-14)16-6-8-18-9-7-16/h3-4,10,13,17H,1-2,5-9H2/t13-,15+/m1/s1. The summed E-state index contributed by atoms with van der Waals surface area (Å²) in [6.45, 7) is 3.46. The van der Waals surface area contributed by atoms with Gasteiger partial charge in [0.1, 0.15) is 11.5 Å². The number of phenolic OH excluding ortho intramolecular Hbond substituents is 1. The second-order valence-corrected chi connectivity index (χ2v) is 5.71. The van der Waals surface area contributed by atoms with Crippen LogP contribution in [0.25, 0.3) is 0 Å². The lowest BCUT2D eigenvalue weighted by Gasteiger charge is -2.42. The van der Waals surface area contributed by atoms with Crippen LogP contribution in [0, 0.1) is 0 Å². The van der Waals surface area contributed by atoms with Gasteiger partial charge in [-0.25, -0.2) is 0 Å². The third-order valence-electron chi connectivity index (χ3n) is 4.77. The van der Waals surface area contributed by atoms with Crippen molar-refractivity contribution in [2.75, 3.05) is 26.3 Å². The van der Waals surface area contributed by atoms with E-state index in [9.17, 15) is 5.11 Å². The van der Waals surface area contributed by atoms with Gasteiger partial charge in [-0.3, -0.25) is 4.90 Å². The number of benzene rings is 1. The van der Waals surface area contributed by atoms with Crippen molar-refractivity contribution in [1.29, 1.82) is 0 Å². The van der Waals surface area contributed by atoms with Crippen molar-refractivity contribution in [3.05, 3.63) is 23.8 Å². The van der Waals surface area contributed by atoms with E-state index in [1.807, 2.05) is 12.1 Å². The Hall–Kier alpha value is -1.26. The van der Waals surface area contributed by atoms with Crippen LogP contribution < -0.4 is 4.74 Å². The van der Waals surface area contributed by atoms with E-state index in [0.29, 0.717) is 11.7 Å². The van der Waals surface area contributed by atoms with Crippen LogP contribution in [0.3, 0.4) is 0 Å². The zero-order valence-corrected chi connectivity index (χ0v) is 11.0. The van der Waals surface area contributed by atoms with Crippen LogP contribution in [0.4, 0.5) is 0 Å². The Bertz CT molecular complexity index is 498. The molecule has 102 valence electrons. The fourth-order valence-electron chi connectivity index (χ4n) is 3.96. The van der Waals surface area contributed by atoms with Crippen LogP contribution in [0.2, 0.25) is 0 Å². The Balaban J connectivity index is 1.73. The van der Waals surface area contributed by atoms with Crippen molar-refractivity contribution in [2.45, 2.75) is 30.9 Å². The van der Waals surface area contributed by atoms with Gasteiger partial charge >= 0.3 is 0 Å². The molecule has 1 saturated carbocycles. The first-order valence-electron chi connectivity index (χ1n) is 7.14. The first-order chi connectivity index (χ1) is 9.29. The molecule has 1 N–H and O–H groups in total. The Labute approximate surface area is 112 Å². The van der Waals surface area contributed by atoms with Crippen LogP contribution in [0.1, 0.15) is 30.7 Å². The number of hydrogen-bond acceptors (Lipinski definition) is 4. The van der Waals surface area contributed by atoms with Gasteiger partial charge in [0.05, 0.1) is 13.2 Å². The molecule has 2 heterocycles. The number of fused-ring (bicyclic) bond motifs is 3. The number of rotatable bonds is 1. The molecule has 3 aliphatic rings. The predicted octanol–water partition coefficient (Wildman–Crippen LogP) is 2.08. The topological polar surface area (TPSA) is 41.9 Å². The molecule has 1 aromatic carbocycles. The van der Waals surface area contributed by atoms with Crippen molar-refractivity contribution in [3.63, 3.8) is 0 Å². The van der Waals surface area contributed by atoms with Gasteiger partial charge < -0.3 is 14.6 Å². The molecule has 1 aliphatic carbocycles. The van der Waals surface area contributed by atoms with Gasteiger partial charge in [-0.05, 0) is 31.0 Å². The zero-order chi connectivity index (χ0) is 12.9. The van der Waals surface area contributed by atoms with Crippen molar-refractivity contribution < 1.29 is 14.6 Å².